The van der Waals surface area contributed by atoms with Gasteiger partial charge >= 0.3 is 0 Å². The van der Waals surface area contributed by atoms with Crippen LogP contribution in [0, 0.1) is 5.41 Å². The van der Waals surface area contributed by atoms with Crippen LogP contribution in [0.3, 0.4) is 0 Å². The van der Waals surface area contributed by atoms with Crippen molar-refractivity contribution in [3.8, 4) is 0 Å². The number of H-pyrrole nitrogens is 1. The maximum Gasteiger partial charge on any atom is 0.253 e. The average Bonchev–Trinajstić information content (AvgIpc) is 3.19. The predicted octanol–water partition coefficient (Wildman–Crippen LogP) is 2.64. The van der Waals surface area contributed by atoms with Gasteiger partial charge in [0.15, 0.2) is 0 Å². The number of pyridine rings is 1. The molecule has 2 saturated heterocycles. The van der Waals surface area contributed by atoms with Crippen molar-refractivity contribution in [1.29, 1.82) is 0 Å². The largest absolute Gasteiger partial charge is 0.381 e. The van der Waals surface area contributed by atoms with E-state index in [1.54, 1.807) is 12.4 Å². The highest BCUT2D eigenvalue weighted by molar-refractivity contribution is 9.10. The minimum absolute atomic E-state index is 0.0822. The van der Waals surface area contributed by atoms with Gasteiger partial charge in [0.25, 0.3) is 5.91 Å². The molecular weight excluding hydrogens is 374 g/mol. The van der Waals surface area contributed by atoms with Gasteiger partial charge in [0, 0.05) is 47.4 Å². The molecule has 7 heteroatoms. The summed E-state index contributed by atoms with van der Waals surface area (Å²) >= 11 is 3.48. The molecule has 1 spiro atoms. The van der Waals surface area contributed by atoms with Gasteiger partial charge in [0.2, 0.25) is 0 Å². The Labute approximate surface area is 148 Å². The van der Waals surface area contributed by atoms with Crippen LogP contribution >= 0.6 is 15.9 Å². The zero-order valence-electron chi connectivity index (χ0n) is 13.3. The number of carbonyl (C=O) groups is 1. The molecule has 1 unspecified atom stereocenters. The number of ether oxygens (including phenoxy) is 2. The number of rotatable bonds is 3. The molecule has 0 saturated carbocycles. The highest BCUT2D eigenvalue weighted by atomic mass is 79.9. The minimum atomic E-state index is -0.105. The van der Waals surface area contributed by atoms with E-state index in [-0.39, 0.29) is 17.4 Å². The van der Waals surface area contributed by atoms with Gasteiger partial charge in [-0.25, -0.2) is 4.98 Å². The SMILES string of the molecule is O=C(NCC1CC2(CCOCC2)CO1)c1c[nH]c2nccc(Br)c12. The van der Waals surface area contributed by atoms with Crippen molar-refractivity contribution >= 4 is 32.9 Å². The van der Waals surface area contributed by atoms with Crippen LogP contribution in [0.25, 0.3) is 11.0 Å². The fourth-order valence-corrected chi connectivity index (χ4v) is 4.20. The van der Waals surface area contributed by atoms with Gasteiger partial charge in [-0.2, -0.15) is 0 Å². The lowest BCUT2D eigenvalue weighted by Gasteiger charge is -2.31. The van der Waals surface area contributed by atoms with E-state index in [1.807, 2.05) is 6.07 Å². The van der Waals surface area contributed by atoms with Crippen LogP contribution in [0.1, 0.15) is 29.6 Å². The summed E-state index contributed by atoms with van der Waals surface area (Å²) in [5, 5.41) is 3.81. The molecule has 0 aromatic carbocycles. The van der Waals surface area contributed by atoms with Crippen molar-refractivity contribution in [3.05, 3.63) is 28.5 Å². The molecule has 6 nitrogen and oxygen atoms in total. The lowest BCUT2D eigenvalue weighted by Crippen LogP contribution is -2.33. The van der Waals surface area contributed by atoms with E-state index in [0.717, 1.165) is 48.9 Å². The molecule has 2 aromatic heterocycles. The molecule has 2 fully saturated rings. The molecule has 2 aliphatic heterocycles. The number of amides is 1. The van der Waals surface area contributed by atoms with Crippen LogP contribution < -0.4 is 5.32 Å². The zero-order valence-corrected chi connectivity index (χ0v) is 14.9. The van der Waals surface area contributed by atoms with E-state index in [2.05, 4.69) is 31.2 Å². The minimum Gasteiger partial charge on any atom is -0.381 e. The number of fused-ring (bicyclic) bond motifs is 1. The molecule has 1 amide bonds. The van der Waals surface area contributed by atoms with Crippen LogP contribution in [0.15, 0.2) is 22.9 Å². The molecule has 24 heavy (non-hydrogen) atoms. The smallest absolute Gasteiger partial charge is 0.253 e. The van der Waals surface area contributed by atoms with E-state index >= 15 is 0 Å². The maximum absolute atomic E-state index is 12.5. The van der Waals surface area contributed by atoms with E-state index < -0.39 is 0 Å². The summed E-state index contributed by atoms with van der Waals surface area (Å²) in [5.74, 6) is -0.105. The first-order valence-electron chi connectivity index (χ1n) is 8.26. The molecule has 4 rings (SSSR count). The van der Waals surface area contributed by atoms with Gasteiger partial charge in [-0.05, 0) is 41.3 Å². The molecule has 128 valence electrons. The van der Waals surface area contributed by atoms with E-state index in [1.165, 1.54) is 0 Å². The normalized spacial score (nSPS) is 23.0. The number of carbonyl (C=O) groups excluding carboxylic acids is 1. The maximum atomic E-state index is 12.5. The average molecular weight is 394 g/mol. The summed E-state index contributed by atoms with van der Waals surface area (Å²) in [6.45, 7) is 2.95. The zero-order chi connectivity index (χ0) is 16.6. The van der Waals surface area contributed by atoms with Crippen LogP contribution in [0.4, 0.5) is 0 Å². The number of aromatic amines is 1. The molecule has 1 atom stereocenters. The fourth-order valence-electron chi connectivity index (χ4n) is 3.68. The topological polar surface area (TPSA) is 76.2 Å². The second-order valence-corrected chi connectivity index (χ2v) is 7.53. The summed E-state index contributed by atoms with van der Waals surface area (Å²) in [6.07, 6.45) is 6.59. The molecule has 0 radical (unpaired) electrons. The second kappa shape index (κ2) is 6.46. The van der Waals surface area contributed by atoms with Crippen molar-refractivity contribution in [2.24, 2.45) is 5.41 Å². The Kier molecular flexibility index (Phi) is 4.32. The standard InChI is InChI=1S/C17H20BrN3O3/c18-13-1-4-19-15-14(13)12(9-20-15)16(22)21-8-11-7-17(10-24-11)2-5-23-6-3-17/h1,4,9,11H,2-3,5-8,10H2,(H,19,20)(H,21,22). The first-order chi connectivity index (χ1) is 11.7. The number of hydrogen-bond acceptors (Lipinski definition) is 4. The van der Waals surface area contributed by atoms with Crippen LogP contribution in [0.2, 0.25) is 0 Å². The summed E-state index contributed by atoms with van der Waals surface area (Å²) in [6, 6.07) is 1.84. The Morgan fingerprint density at radius 2 is 2.29 bits per heavy atom. The first-order valence-corrected chi connectivity index (χ1v) is 9.05. The van der Waals surface area contributed by atoms with Gasteiger partial charge < -0.3 is 19.8 Å². The number of nitrogens with zero attached hydrogens (tertiary/aromatic N) is 1. The summed E-state index contributed by atoms with van der Waals surface area (Å²) in [7, 11) is 0. The second-order valence-electron chi connectivity index (χ2n) is 6.68. The Hall–Kier alpha value is -1.44. The highest BCUT2D eigenvalue weighted by Gasteiger charge is 2.41. The van der Waals surface area contributed by atoms with Gasteiger partial charge in [-0.15, -0.1) is 0 Å². The third kappa shape index (κ3) is 2.96. The Bertz CT molecular complexity index is 755. The van der Waals surface area contributed by atoms with Crippen molar-refractivity contribution in [3.63, 3.8) is 0 Å². The predicted molar refractivity (Wildman–Crippen MR) is 93.0 cm³/mol. The fraction of sp³-hybridized carbons (Fsp3) is 0.529. The third-order valence-corrected chi connectivity index (χ3v) is 5.76. The van der Waals surface area contributed by atoms with E-state index in [4.69, 9.17) is 9.47 Å². The Morgan fingerprint density at radius 3 is 3.12 bits per heavy atom. The van der Waals surface area contributed by atoms with Crippen LogP contribution in [-0.4, -0.2) is 48.3 Å². The molecule has 2 aliphatic rings. The van der Waals surface area contributed by atoms with Gasteiger partial charge in [-0.3, -0.25) is 4.79 Å². The van der Waals surface area contributed by atoms with Crippen molar-refractivity contribution in [1.82, 2.24) is 15.3 Å². The quantitative estimate of drug-likeness (QED) is 0.840. The highest BCUT2D eigenvalue weighted by Crippen LogP contribution is 2.41. The Balaban J connectivity index is 1.40. The number of nitrogens with one attached hydrogen (secondary N) is 2. The van der Waals surface area contributed by atoms with E-state index in [9.17, 15) is 4.79 Å². The molecular formula is C17H20BrN3O3. The van der Waals surface area contributed by atoms with Crippen molar-refractivity contribution in [2.75, 3.05) is 26.4 Å². The monoisotopic (exact) mass is 393 g/mol. The van der Waals surface area contributed by atoms with Gasteiger partial charge in [-0.1, -0.05) is 0 Å². The van der Waals surface area contributed by atoms with Gasteiger partial charge in [0.1, 0.15) is 5.65 Å². The van der Waals surface area contributed by atoms with Crippen molar-refractivity contribution in [2.45, 2.75) is 25.4 Å². The lowest BCUT2D eigenvalue weighted by molar-refractivity contribution is 0.00703. The van der Waals surface area contributed by atoms with Crippen LogP contribution in [0.5, 0.6) is 0 Å². The number of halogens is 1. The van der Waals surface area contributed by atoms with Crippen molar-refractivity contribution < 1.29 is 14.3 Å². The Morgan fingerprint density at radius 1 is 1.46 bits per heavy atom. The lowest BCUT2D eigenvalue weighted by atomic mass is 9.78. The summed E-state index contributed by atoms with van der Waals surface area (Å²) in [5.41, 5.74) is 1.55. The molecule has 0 bridgehead atoms. The number of aromatic nitrogens is 2. The molecule has 4 heterocycles. The van der Waals surface area contributed by atoms with Gasteiger partial charge in [0.05, 0.1) is 18.3 Å². The molecule has 2 N–H and O–H groups in total. The van der Waals surface area contributed by atoms with Crippen LogP contribution in [-0.2, 0) is 9.47 Å². The number of hydrogen-bond donors (Lipinski definition) is 2. The summed E-state index contributed by atoms with van der Waals surface area (Å²) in [4.78, 5) is 19.8. The third-order valence-electron chi connectivity index (χ3n) is 5.10. The summed E-state index contributed by atoms with van der Waals surface area (Å²) < 4.78 is 12.2. The molecule has 2 aromatic rings. The first kappa shape index (κ1) is 16.1. The molecule has 0 aliphatic carbocycles. The van der Waals surface area contributed by atoms with E-state index in [0.29, 0.717) is 17.8 Å².